The van der Waals surface area contributed by atoms with Gasteiger partial charge in [-0.15, -0.1) is 11.3 Å². The van der Waals surface area contributed by atoms with Crippen molar-refractivity contribution in [2.75, 3.05) is 6.61 Å². The number of nitrogens with one attached hydrogen (secondary N) is 1. The number of ether oxygens (including phenoxy) is 2. The summed E-state index contributed by atoms with van der Waals surface area (Å²) >= 11 is 1.56. The Morgan fingerprint density at radius 1 is 0.966 bits per heavy atom. The standard InChI is InChI=1S/C23H23NO4S/c1-2-19(28-18-12-7-4-8-13-18)23(26)27-16-21(25)24-22(20-14-9-15-29-20)17-10-5-3-6-11-17/h3-15,19,22H,2,16H2,1H3,(H,24,25)/t19-,22-/m1/s1. The van der Waals surface area contributed by atoms with E-state index in [0.29, 0.717) is 12.2 Å². The minimum absolute atomic E-state index is 0.287. The molecule has 0 bridgehead atoms. The van der Waals surface area contributed by atoms with Crippen LogP contribution < -0.4 is 10.1 Å². The molecule has 0 aliphatic carbocycles. The third kappa shape index (κ3) is 5.93. The fraction of sp³-hybridized carbons (Fsp3) is 0.217. The molecule has 3 rings (SSSR count). The summed E-state index contributed by atoms with van der Waals surface area (Å²) in [5.74, 6) is -0.336. The molecule has 0 radical (unpaired) electrons. The predicted octanol–water partition coefficient (Wildman–Crippen LogP) is 4.35. The lowest BCUT2D eigenvalue weighted by Gasteiger charge is -2.19. The molecular weight excluding hydrogens is 386 g/mol. The molecule has 150 valence electrons. The fourth-order valence-electron chi connectivity index (χ4n) is 2.81. The molecule has 0 aliphatic heterocycles. The molecule has 0 fully saturated rings. The van der Waals surface area contributed by atoms with Crippen LogP contribution in [0.2, 0.25) is 0 Å². The molecule has 0 unspecified atom stereocenters. The van der Waals surface area contributed by atoms with Gasteiger partial charge in [-0.2, -0.15) is 0 Å². The van der Waals surface area contributed by atoms with Crippen LogP contribution in [0, 0.1) is 0 Å². The van der Waals surface area contributed by atoms with Crippen LogP contribution >= 0.6 is 11.3 Å². The van der Waals surface area contributed by atoms with Gasteiger partial charge in [-0.25, -0.2) is 4.79 Å². The highest BCUT2D eigenvalue weighted by molar-refractivity contribution is 7.10. The molecule has 2 aromatic carbocycles. The van der Waals surface area contributed by atoms with Gasteiger partial charge in [0.05, 0.1) is 6.04 Å². The molecule has 1 amide bonds. The fourth-order valence-corrected chi connectivity index (χ4v) is 3.62. The summed E-state index contributed by atoms with van der Waals surface area (Å²) in [7, 11) is 0. The summed E-state index contributed by atoms with van der Waals surface area (Å²) in [6.45, 7) is 1.47. The van der Waals surface area contributed by atoms with Gasteiger partial charge in [0.2, 0.25) is 0 Å². The maximum absolute atomic E-state index is 12.5. The zero-order chi connectivity index (χ0) is 20.5. The summed E-state index contributed by atoms with van der Waals surface area (Å²) in [5, 5.41) is 4.91. The number of hydrogen-bond donors (Lipinski definition) is 1. The number of rotatable bonds is 9. The van der Waals surface area contributed by atoms with Gasteiger partial charge in [0.15, 0.2) is 12.7 Å². The smallest absolute Gasteiger partial charge is 0.347 e. The first-order valence-corrected chi connectivity index (χ1v) is 10.3. The molecule has 0 saturated carbocycles. The molecule has 3 aromatic rings. The number of carbonyl (C=O) groups is 2. The van der Waals surface area contributed by atoms with E-state index in [1.165, 1.54) is 0 Å². The third-order valence-electron chi connectivity index (χ3n) is 4.27. The lowest BCUT2D eigenvalue weighted by atomic mass is 10.1. The largest absolute Gasteiger partial charge is 0.479 e. The van der Waals surface area contributed by atoms with Crippen molar-refractivity contribution >= 4 is 23.2 Å². The van der Waals surface area contributed by atoms with Crippen LogP contribution in [0.25, 0.3) is 0 Å². The van der Waals surface area contributed by atoms with Crippen LogP contribution in [-0.2, 0) is 14.3 Å². The number of esters is 1. The number of carbonyl (C=O) groups excluding carboxylic acids is 2. The molecule has 29 heavy (non-hydrogen) atoms. The van der Waals surface area contributed by atoms with Gasteiger partial charge in [-0.1, -0.05) is 61.5 Å². The van der Waals surface area contributed by atoms with Crippen LogP contribution in [0.5, 0.6) is 5.75 Å². The van der Waals surface area contributed by atoms with Gasteiger partial charge in [0.25, 0.3) is 5.91 Å². The Balaban J connectivity index is 1.58. The molecule has 0 aliphatic rings. The first-order chi connectivity index (χ1) is 14.2. The minimum Gasteiger partial charge on any atom is -0.479 e. The first kappa shape index (κ1) is 20.6. The van der Waals surface area contributed by atoms with Crippen molar-refractivity contribution < 1.29 is 19.1 Å². The van der Waals surface area contributed by atoms with Gasteiger partial charge in [0, 0.05) is 4.88 Å². The Bertz CT molecular complexity index is 897. The van der Waals surface area contributed by atoms with Gasteiger partial charge < -0.3 is 14.8 Å². The molecule has 0 spiro atoms. The summed E-state index contributed by atoms with van der Waals surface area (Å²) in [6.07, 6.45) is -0.315. The zero-order valence-electron chi connectivity index (χ0n) is 16.1. The maximum Gasteiger partial charge on any atom is 0.347 e. The Morgan fingerprint density at radius 3 is 2.28 bits per heavy atom. The summed E-state index contributed by atoms with van der Waals surface area (Å²) in [4.78, 5) is 25.8. The van der Waals surface area contributed by atoms with E-state index < -0.39 is 12.1 Å². The van der Waals surface area contributed by atoms with E-state index in [1.54, 1.807) is 23.5 Å². The summed E-state index contributed by atoms with van der Waals surface area (Å²) in [5.41, 5.74) is 0.966. The van der Waals surface area contributed by atoms with E-state index in [4.69, 9.17) is 9.47 Å². The van der Waals surface area contributed by atoms with Crippen molar-refractivity contribution in [2.24, 2.45) is 0 Å². The second-order valence-corrected chi connectivity index (χ2v) is 7.34. The average molecular weight is 410 g/mol. The lowest BCUT2D eigenvalue weighted by molar-refractivity contribution is -0.155. The molecule has 1 aromatic heterocycles. The van der Waals surface area contributed by atoms with E-state index in [0.717, 1.165) is 10.4 Å². The topological polar surface area (TPSA) is 64.6 Å². The zero-order valence-corrected chi connectivity index (χ0v) is 16.9. The van der Waals surface area contributed by atoms with E-state index >= 15 is 0 Å². The molecule has 6 heteroatoms. The molecule has 2 atom stereocenters. The number of thiophene rings is 1. The third-order valence-corrected chi connectivity index (χ3v) is 5.20. The number of para-hydroxylation sites is 1. The van der Waals surface area contributed by atoms with Crippen molar-refractivity contribution in [1.29, 1.82) is 0 Å². The van der Waals surface area contributed by atoms with Crippen LogP contribution in [0.4, 0.5) is 0 Å². The Labute approximate surface area is 174 Å². The van der Waals surface area contributed by atoms with Crippen LogP contribution in [0.3, 0.4) is 0 Å². The molecule has 5 nitrogen and oxygen atoms in total. The SMILES string of the molecule is CC[C@@H](Oc1ccccc1)C(=O)OCC(=O)N[C@H](c1ccccc1)c1cccs1. The average Bonchev–Trinajstić information content (AvgIpc) is 3.30. The predicted molar refractivity (Wildman–Crippen MR) is 113 cm³/mol. The van der Waals surface area contributed by atoms with Gasteiger partial charge in [-0.05, 0) is 35.6 Å². The Kier molecular flexibility index (Phi) is 7.41. The number of hydrogen-bond acceptors (Lipinski definition) is 5. The second kappa shape index (κ2) is 10.4. The molecule has 1 N–H and O–H groups in total. The van der Waals surface area contributed by atoms with E-state index in [1.807, 2.05) is 73.0 Å². The normalized spacial score (nSPS) is 12.6. The monoisotopic (exact) mass is 409 g/mol. The minimum atomic E-state index is -0.757. The van der Waals surface area contributed by atoms with Crippen molar-refractivity contribution in [3.63, 3.8) is 0 Å². The van der Waals surface area contributed by atoms with E-state index in [-0.39, 0.29) is 18.6 Å². The van der Waals surface area contributed by atoms with E-state index in [9.17, 15) is 9.59 Å². The van der Waals surface area contributed by atoms with Crippen LogP contribution in [-0.4, -0.2) is 24.6 Å². The number of amides is 1. The first-order valence-electron chi connectivity index (χ1n) is 9.43. The highest BCUT2D eigenvalue weighted by Crippen LogP contribution is 2.25. The summed E-state index contributed by atoms with van der Waals surface area (Å²) in [6, 6.07) is 22.4. The van der Waals surface area contributed by atoms with Crippen LogP contribution in [0.15, 0.2) is 78.2 Å². The van der Waals surface area contributed by atoms with Gasteiger partial charge in [-0.3, -0.25) is 4.79 Å². The van der Waals surface area contributed by atoms with Gasteiger partial charge in [0.1, 0.15) is 5.75 Å². The lowest BCUT2D eigenvalue weighted by Crippen LogP contribution is -2.35. The van der Waals surface area contributed by atoms with Crippen molar-refractivity contribution in [2.45, 2.75) is 25.5 Å². The maximum atomic E-state index is 12.5. The highest BCUT2D eigenvalue weighted by atomic mass is 32.1. The number of benzene rings is 2. The highest BCUT2D eigenvalue weighted by Gasteiger charge is 2.23. The molecule has 1 heterocycles. The van der Waals surface area contributed by atoms with Crippen molar-refractivity contribution in [3.8, 4) is 5.75 Å². The Hall–Kier alpha value is -3.12. The molecule has 0 saturated heterocycles. The van der Waals surface area contributed by atoms with Gasteiger partial charge >= 0.3 is 5.97 Å². The Morgan fingerprint density at radius 2 is 1.66 bits per heavy atom. The molecular formula is C23H23NO4S. The van der Waals surface area contributed by atoms with E-state index in [2.05, 4.69) is 5.32 Å². The second-order valence-electron chi connectivity index (χ2n) is 6.36. The summed E-state index contributed by atoms with van der Waals surface area (Å²) < 4.78 is 10.9. The van der Waals surface area contributed by atoms with Crippen molar-refractivity contribution in [3.05, 3.63) is 88.6 Å². The van der Waals surface area contributed by atoms with Crippen LogP contribution in [0.1, 0.15) is 29.8 Å². The van der Waals surface area contributed by atoms with Crippen molar-refractivity contribution in [1.82, 2.24) is 5.32 Å². The quantitative estimate of drug-likeness (QED) is 0.534.